The standard InChI is InChI=1S/C22H26FN3O6S2/c1-4-7-24-22(33)26-34(28,29)20-9-13-8-15(12-32-18(13)11-19(20)31-3)25-21(27)16-10-14(23)5-6-17(16)30-2/h5-6,9-11,15H,4,7-8,12H2,1-3H3,(H,25,27)(H2,24,26,33). The number of rotatable bonds is 8. The van der Waals surface area contributed by atoms with E-state index in [1.54, 1.807) is 0 Å². The minimum Gasteiger partial charge on any atom is -0.496 e. The maximum atomic E-state index is 13.7. The van der Waals surface area contributed by atoms with Gasteiger partial charge in [-0.2, -0.15) is 0 Å². The van der Waals surface area contributed by atoms with Crippen molar-refractivity contribution in [2.45, 2.75) is 30.7 Å². The molecule has 2 aromatic carbocycles. The summed E-state index contributed by atoms with van der Waals surface area (Å²) in [6, 6.07) is 6.08. The summed E-state index contributed by atoms with van der Waals surface area (Å²) in [6.45, 7) is 2.58. The Hall–Kier alpha value is -3.12. The molecule has 0 radical (unpaired) electrons. The minimum absolute atomic E-state index is 0.0212. The number of benzene rings is 2. The lowest BCUT2D eigenvalue weighted by Crippen LogP contribution is -2.43. The smallest absolute Gasteiger partial charge is 0.267 e. The van der Waals surface area contributed by atoms with Gasteiger partial charge in [-0.15, -0.1) is 0 Å². The summed E-state index contributed by atoms with van der Waals surface area (Å²) in [4.78, 5) is 12.6. The fraction of sp³-hybridized carbons (Fsp3) is 0.364. The lowest BCUT2D eigenvalue weighted by Gasteiger charge is -2.27. The molecule has 0 spiro atoms. The molecule has 0 saturated carbocycles. The summed E-state index contributed by atoms with van der Waals surface area (Å²) in [5, 5.41) is 5.57. The average molecular weight is 512 g/mol. The molecular weight excluding hydrogens is 485 g/mol. The number of methoxy groups -OCH3 is 2. The lowest BCUT2D eigenvalue weighted by atomic mass is 10.0. The van der Waals surface area contributed by atoms with E-state index < -0.39 is 27.8 Å². The van der Waals surface area contributed by atoms with Crippen molar-refractivity contribution in [2.75, 3.05) is 27.4 Å². The van der Waals surface area contributed by atoms with Crippen LogP contribution in [0.25, 0.3) is 0 Å². The van der Waals surface area contributed by atoms with E-state index in [1.807, 2.05) is 6.92 Å². The SMILES string of the molecule is CCCNC(=S)NS(=O)(=O)c1cc2c(cc1OC)OCC(NC(=O)c1cc(F)ccc1OC)C2. The first kappa shape index (κ1) is 25.5. The summed E-state index contributed by atoms with van der Waals surface area (Å²) in [5.41, 5.74) is 0.597. The molecule has 9 nitrogen and oxygen atoms in total. The highest BCUT2D eigenvalue weighted by Crippen LogP contribution is 2.35. The van der Waals surface area contributed by atoms with Crippen LogP contribution in [0.4, 0.5) is 4.39 Å². The number of nitrogens with one attached hydrogen (secondary N) is 3. The zero-order valence-electron chi connectivity index (χ0n) is 18.9. The third-order valence-electron chi connectivity index (χ3n) is 5.05. The van der Waals surface area contributed by atoms with Gasteiger partial charge in [0.25, 0.3) is 15.9 Å². The minimum atomic E-state index is -4.04. The summed E-state index contributed by atoms with van der Waals surface area (Å²) >= 11 is 5.06. The summed E-state index contributed by atoms with van der Waals surface area (Å²) in [6.07, 6.45) is 1.06. The highest BCUT2D eigenvalue weighted by Gasteiger charge is 2.28. The number of thiocarbonyl (C=S) groups is 1. The number of hydrogen-bond donors (Lipinski definition) is 3. The van der Waals surface area contributed by atoms with E-state index in [1.165, 1.54) is 38.5 Å². The van der Waals surface area contributed by atoms with Crippen LogP contribution in [-0.2, 0) is 16.4 Å². The van der Waals surface area contributed by atoms with Gasteiger partial charge in [0.15, 0.2) is 5.11 Å². The molecule has 0 bridgehead atoms. The van der Waals surface area contributed by atoms with E-state index in [0.717, 1.165) is 12.5 Å². The first-order valence-electron chi connectivity index (χ1n) is 10.5. The second-order valence-corrected chi connectivity index (χ2v) is 9.56. The Kier molecular flexibility index (Phi) is 8.15. The zero-order valence-corrected chi connectivity index (χ0v) is 20.6. The Bertz CT molecular complexity index is 1190. The van der Waals surface area contributed by atoms with Gasteiger partial charge in [-0.1, -0.05) is 6.92 Å². The quantitative estimate of drug-likeness (QED) is 0.462. The maximum absolute atomic E-state index is 13.7. The Morgan fingerprint density at radius 3 is 2.62 bits per heavy atom. The molecule has 1 aliphatic rings. The first-order valence-corrected chi connectivity index (χ1v) is 12.4. The summed E-state index contributed by atoms with van der Waals surface area (Å²) < 4.78 is 58.0. The number of sulfonamides is 1. The van der Waals surface area contributed by atoms with Crippen LogP contribution in [0.1, 0.15) is 29.3 Å². The van der Waals surface area contributed by atoms with E-state index in [9.17, 15) is 17.6 Å². The van der Waals surface area contributed by atoms with Gasteiger partial charge in [0.2, 0.25) is 0 Å². The van der Waals surface area contributed by atoms with E-state index in [2.05, 4.69) is 15.4 Å². The van der Waals surface area contributed by atoms with Gasteiger partial charge in [0, 0.05) is 12.6 Å². The van der Waals surface area contributed by atoms with E-state index in [4.69, 9.17) is 26.4 Å². The van der Waals surface area contributed by atoms with Crippen LogP contribution in [0.15, 0.2) is 35.2 Å². The van der Waals surface area contributed by atoms with E-state index >= 15 is 0 Å². The van der Waals surface area contributed by atoms with Crippen molar-refractivity contribution in [1.82, 2.24) is 15.4 Å². The number of halogens is 1. The topological polar surface area (TPSA) is 115 Å². The molecular formula is C22H26FN3O6S2. The fourth-order valence-corrected chi connectivity index (χ4v) is 4.99. The lowest BCUT2D eigenvalue weighted by molar-refractivity contribution is 0.0911. The molecule has 1 atom stereocenters. The number of amides is 1. The molecule has 3 N–H and O–H groups in total. The van der Waals surface area contributed by atoms with Crippen molar-refractivity contribution >= 4 is 33.3 Å². The fourth-order valence-electron chi connectivity index (χ4n) is 3.43. The van der Waals surface area contributed by atoms with Crippen LogP contribution in [0.2, 0.25) is 0 Å². The third kappa shape index (κ3) is 5.86. The van der Waals surface area contributed by atoms with Gasteiger partial charge in [-0.25, -0.2) is 12.8 Å². The normalized spacial score (nSPS) is 14.9. The molecule has 184 valence electrons. The van der Waals surface area contributed by atoms with Crippen molar-refractivity contribution in [3.05, 3.63) is 47.3 Å². The Labute approximate surface area is 203 Å². The average Bonchev–Trinajstić information content (AvgIpc) is 2.81. The monoisotopic (exact) mass is 511 g/mol. The largest absolute Gasteiger partial charge is 0.496 e. The van der Waals surface area contributed by atoms with Crippen LogP contribution in [0.5, 0.6) is 17.2 Å². The predicted molar refractivity (Wildman–Crippen MR) is 128 cm³/mol. The van der Waals surface area contributed by atoms with Gasteiger partial charge in [0.1, 0.15) is 34.6 Å². The molecule has 1 heterocycles. The number of ether oxygens (including phenoxy) is 3. The van der Waals surface area contributed by atoms with Crippen LogP contribution < -0.4 is 29.6 Å². The van der Waals surface area contributed by atoms with E-state index in [-0.39, 0.29) is 40.1 Å². The van der Waals surface area contributed by atoms with Gasteiger partial charge in [0.05, 0.1) is 25.8 Å². The molecule has 0 fully saturated rings. The summed E-state index contributed by atoms with van der Waals surface area (Å²) in [7, 11) is -1.30. The van der Waals surface area contributed by atoms with Crippen molar-refractivity contribution in [1.29, 1.82) is 0 Å². The number of carbonyl (C=O) groups is 1. The number of hydrogen-bond acceptors (Lipinski definition) is 7. The predicted octanol–water partition coefficient (Wildman–Crippen LogP) is 2.14. The van der Waals surface area contributed by atoms with Crippen molar-refractivity contribution < 1.29 is 31.8 Å². The van der Waals surface area contributed by atoms with Crippen LogP contribution >= 0.6 is 12.2 Å². The van der Waals surface area contributed by atoms with Gasteiger partial charge in [-0.05, 0) is 54.9 Å². The zero-order chi connectivity index (χ0) is 24.9. The number of fused-ring (bicyclic) bond motifs is 1. The molecule has 0 aromatic heterocycles. The van der Waals surface area contributed by atoms with Gasteiger partial charge in [-0.3, -0.25) is 9.52 Å². The molecule has 2 aromatic rings. The third-order valence-corrected chi connectivity index (χ3v) is 6.79. The van der Waals surface area contributed by atoms with Crippen LogP contribution in [-0.4, -0.2) is 52.9 Å². The molecule has 1 aliphatic heterocycles. The highest BCUT2D eigenvalue weighted by atomic mass is 32.2. The molecule has 3 rings (SSSR count). The molecule has 1 unspecified atom stereocenters. The molecule has 0 saturated heterocycles. The Morgan fingerprint density at radius 2 is 1.94 bits per heavy atom. The van der Waals surface area contributed by atoms with Gasteiger partial charge >= 0.3 is 0 Å². The summed E-state index contributed by atoms with van der Waals surface area (Å²) in [5.74, 6) is -0.346. The number of carbonyl (C=O) groups excluding carboxylic acids is 1. The van der Waals surface area contributed by atoms with Crippen molar-refractivity contribution in [2.24, 2.45) is 0 Å². The first-order chi connectivity index (χ1) is 16.2. The molecule has 0 aliphatic carbocycles. The van der Waals surface area contributed by atoms with Crippen molar-refractivity contribution in [3.8, 4) is 17.2 Å². The molecule has 12 heteroatoms. The Morgan fingerprint density at radius 1 is 1.21 bits per heavy atom. The van der Waals surface area contributed by atoms with E-state index in [0.29, 0.717) is 17.9 Å². The van der Waals surface area contributed by atoms with Crippen molar-refractivity contribution in [3.63, 3.8) is 0 Å². The molecule has 1 amide bonds. The van der Waals surface area contributed by atoms with Gasteiger partial charge < -0.3 is 24.8 Å². The van der Waals surface area contributed by atoms with Crippen LogP contribution in [0, 0.1) is 5.82 Å². The molecule has 34 heavy (non-hydrogen) atoms. The maximum Gasteiger partial charge on any atom is 0.267 e. The van der Waals surface area contributed by atoms with Crippen LogP contribution in [0.3, 0.4) is 0 Å². The Balaban J connectivity index is 1.82. The second-order valence-electron chi connectivity index (χ2n) is 7.50. The highest BCUT2D eigenvalue weighted by molar-refractivity contribution is 7.92. The second kappa shape index (κ2) is 10.9.